The van der Waals surface area contributed by atoms with Gasteiger partial charge in [0.25, 0.3) is 0 Å². The predicted molar refractivity (Wildman–Crippen MR) is 46.9 cm³/mol. The van der Waals surface area contributed by atoms with Gasteiger partial charge in [-0.15, -0.1) is 11.6 Å². The van der Waals surface area contributed by atoms with Crippen LogP contribution in [-0.2, 0) is 12.9 Å². The maximum Gasteiger partial charge on any atom is 0.0536 e. The summed E-state index contributed by atoms with van der Waals surface area (Å²) >= 11 is 5.74. The molecule has 2 nitrogen and oxygen atoms in total. The van der Waals surface area contributed by atoms with E-state index < -0.39 is 0 Å². The largest absolute Gasteiger partial charge is 0.272 e. The van der Waals surface area contributed by atoms with Crippen molar-refractivity contribution in [2.24, 2.45) is 7.05 Å². The van der Waals surface area contributed by atoms with Crippen LogP contribution in [0.5, 0.6) is 0 Å². The molecule has 1 rings (SSSR count). The second-order valence-electron chi connectivity index (χ2n) is 2.97. The molecule has 0 aliphatic carbocycles. The molecule has 62 valence electrons. The molecule has 0 saturated carbocycles. The van der Waals surface area contributed by atoms with Crippen LogP contribution in [0.2, 0.25) is 0 Å². The average Bonchev–Trinajstić information content (AvgIpc) is 2.30. The van der Waals surface area contributed by atoms with Crippen molar-refractivity contribution in [3.63, 3.8) is 0 Å². The zero-order valence-corrected chi connectivity index (χ0v) is 7.89. The zero-order valence-electron chi connectivity index (χ0n) is 7.13. The molecule has 1 aromatic heterocycles. The summed E-state index contributed by atoms with van der Waals surface area (Å²) in [4.78, 5) is 0. The number of alkyl halides is 1. The molecular formula is C8H13ClN2. The van der Waals surface area contributed by atoms with Crippen molar-refractivity contribution in [3.05, 3.63) is 17.5 Å². The van der Waals surface area contributed by atoms with Gasteiger partial charge < -0.3 is 0 Å². The fraction of sp³-hybridized carbons (Fsp3) is 0.625. The first kappa shape index (κ1) is 8.60. The highest BCUT2D eigenvalue weighted by molar-refractivity contribution is 6.17. The Morgan fingerprint density at radius 3 is 2.64 bits per heavy atom. The van der Waals surface area contributed by atoms with E-state index >= 15 is 0 Å². The van der Waals surface area contributed by atoms with Crippen LogP contribution in [-0.4, -0.2) is 9.78 Å². The van der Waals surface area contributed by atoms with E-state index in [0.717, 1.165) is 5.56 Å². The van der Waals surface area contributed by atoms with Crippen LogP contribution >= 0.6 is 11.6 Å². The molecule has 1 aromatic rings. The van der Waals surface area contributed by atoms with Crippen molar-refractivity contribution in [2.45, 2.75) is 25.6 Å². The van der Waals surface area contributed by atoms with Crippen LogP contribution in [0, 0.1) is 0 Å². The van der Waals surface area contributed by atoms with Crippen molar-refractivity contribution in [1.82, 2.24) is 9.78 Å². The Kier molecular flexibility index (Phi) is 2.55. The van der Waals surface area contributed by atoms with Gasteiger partial charge in [0.1, 0.15) is 0 Å². The van der Waals surface area contributed by atoms with Gasteiger partial charge in [0.2, 0.25) is 0 Å². The summed E-state index contributed by atoms with van der Waals surface area (Å²) in [6, 6.07) is 0. The highest BCUT2D eigenvalue weighted by Crippen LogP contribution is 2.19. The van der Waals surface area contributed by atoms with Crippen molar-refractivity contribution in [1.29, 1.82) is 0 Å². The summed E-state index contributed by atoms with van der Waals surface area (Å²) in [5.41, 5.74) is 2.38. The van der Waals surface area contributed by atoms with E-state index in [4.69, 9.17) is 11.6 Å². The number of hydrogen-bond donors (Lipinski definition) is 0. The normalized spacial score (nSPS) is 11.0. The summed E-state index contributed by atoms with van der Waals surface area (Å²) < 4.78 is 1.89. The van der Waals surface area contributed by atoms with Crippen molar-refractivity contribution in [3.8, 4) is 0 Å². The molecule has 11 heavy (non-hydrogen) atoms. The summed E-state index contributed by atoms with van der Waals surface area (Å²) in [5.74, 6) is 1.05. The number of hydrogen-bond acceptors (Lipinski definition) is 1. The maximum atomic E-state index is 5.74. The molecule has 0 radical (unpaired) electrons. The maximum absolute atomic E-state index is 5.74. The predicted octanol–water partition coefficient (Wildman–Crippen LogP) is 2.28. The Labute approximate surface area is 72.2 Å². The van der Waals surface area contributed by atoms with E-state index in [1.165, 1.54) is 5.69 Å². The lowest BCUT2D eigenvalue weighted by Crippen LogP contribution is -2.01. The van der Waals surface area contributed by atoms with Gasteiger partial charge in [-0.1, -0.05) is 13.8 Å². The third-order valence-corrected chi connectivity index (χ3v) is 2.04. The molecule has 0 atom stereocenters. The second-order valence-corrected chi connectivity index (χ2v) is 3.23. The van der Waals surface area contributed by atoms with E-state index in [0.29, 0.717) is 11.8 Å². The minimum Gasteiger partial charge on any atom is -0.272 e. The van der Waals surface area contributed by atoms with Gasteiger partial charge >= 0.3 is 0 Å². The Hall–Kier alpha value is -0.500. The molecule has 0 fully saturated rings. The number of nitrogens with zero attached hydrogens (tertiary/aromatic N) is 2. The Balaban J connectivity index is 3.07. The third-order valence-electron chi connectivity index (χ3n) is 1.76. The SMILES string of the molecule is CC(C)c1c(CCl)cnn1C. The van der Waals surface area contributed by atoms with Crippen molar-refractivity contribution < 1.29 is 0 Å². The zero-order chi connectivity index (χ0) is 8.43. The first-order chi connectivity index (χ1) is 5.16. The molecule has 0 N–H and O–H groups in total. The fourth-order valence-electron chi connectivity index (χ4n) is 1.34. The van der Waals surface area contributed by atoms with E-state index in [2.05, 4.69) is 18.9 Å². The van der Waals surface area contributed by atoms with Gasteiger partial charge in [-0.2, -0.15) is 5.10 Å². The average molecular weight is 173 g/mol. The van der Waals surface area contributed by atoms with Crippen LogP contribution < -0.4 is 0 Å². The Morgan fingerprint density at radius 2 is 2.27 bits per heavy atom. The van der Waals surface area contributed by atoms with Crippen molar-refractivity contribution >= 4 is 11.6 Å². The highest BCUT2D eigenvalue weighted by Gasteiger charge is 2.10. The lowest BCUT2D eigenvalue weighted by Gasteiger charge is -2.06. The molecule has 3 heteroatoms. The first-order valence-electron chi connectivity index (χ1n) is 3.73. The van der Waals surface area contributed by atoms with Crippen LogP contribution in [0.3, 0.4) is 0 Å². The lowest BCUT2D eigenvalue weighted by atomic mass is 10.1. The van der Waals surface area contributed by atoms with E-state index in [-0.39, 0.29) is 0 Å². The van der Waals surface area contributed by atoms with Gasteiger partial charge in [0, 0.05) is 18.3 Å². The standard InChI is InChI=1S/C8H13ClN2/c1-6(2)8-7(4-9)5-10-11(8)3/h5-6H,4H2,1-3H3. The molecule has 0 aliphatic rings. The highest BCUT2D eigenvalue weighted by atomic mass is 35.5. The van der Waals surface area contributed by atoms with Gasteiger partial charge in [-0.25, -0.2) is 0 Å². The number of aryl methyl sites for hydroxylation is 1. The minimum absolute atomic E-state index is 0.497. The van der Waals surface area contributed by atoms with Gasteiger partial charge in [0.05, 0.1) is 12.1 Å². The quantitative estimate of drug-likeness (QED) is 0.626. The van der Waals surface area contributed by atoms with E-state index in [1.807, 2.05) is 17.9 Å². The molecule has 0 aliphatic heterocycles. The summed E-state index contributed by atoms with van der Waals surface area (Å²) in [5, 5.41) is 4.14. The molecule has 0 bridgehead atoms. The number of halogens is 1. The molecular weight excluding hydrogens is 160 g/mol. The second kappa shape index (κ2) is 3.26. The number of aromatic nitrogens is 2. The van der Waals surface area contributed by atoms with Gasteiger partial charge in [-0.05, 0) is 5.92 Å². The van der Waals surface area contributed by atoms with Crippen molar-refractivity contribution in [2.75, 3.05) is 0 Å². The van der Waals surface area contributed by atoms with Crippen LogP contribution in [0.4, 0.5) is 0 Å². The van der Waals surface area contributed by atoms with E-state index in [1.54, 1.807) is 0 Å². The smallest absolute Gasteiger partial charge is 0.0536 e. The summed E-state index contributed by atoms with van der Waals surface area (Å²) in [6.07, 6.45) is 1.84. The summed E-state index contributed by atoms with van der Waals surface area (Å²) in [6.45, 7) is 4.29. The molecule has 0 saturated heterocycles. The van der Waals surface area contributed by atoms with Gasteiger partial charge in [0.15, 0.2) is 0 Å². The fourth-order valence-corrected chi connectivity index (χ4v) is 1.55. The van der Waals surface area contributed by atoms with Crippen LogP contribution in [0.1, 0.15) is 31.0 Å². The summed E-state index contributed by atoms with van der Waals surface area (Å²) in [7, 11) is 1.95. The topological polar surface area (TPSA) is 17.8 Å². The van der Waals surface area contributed by atoms with Crippen LogP contribution in [0.15, 0.2) is 6.20 Å². The Bertz CT molecular complexity index is 240. The monoisotopic (exact) mass is 172 g/mol. The first-order valence-corrected chi connectivity index (χ1v) is 4.27. The lowest BCUT2D eigenvalue weighted by molar-refractivity contribution is 0.666. The molecule has 0 aromatic carbocycles. The van der Waals surface area contributed by atoms with Gasteiger partial charge in [-0.3, -0.25) is 4.68 Å². The molecule has 0 amide bonds. The third kappa shape index (κ3) is 1.56. The Morgan fingerprint density at radius 1 is 1.64 bits per heavy atom. The number of rotatable bonds is 2. The van der Waals surface area contributed by atoms with Crippen LogP contribution in [0.25, 0.3) is 0 Å². The molecule has 0 unspecified atom stereocenters. The molecule has 0 spiro atoms. The van der Waals surface area contributed by atoms with E-state index in [9.17, 15) is 0 Å². The molecule has 1 heterocycles. The minimum atomic E-state index is 0.497.